The van der Waals surface area contributed by atoms with E-state index < -0.39 is 21.5 Å². The fourth-order valence-electron chi connectivity index (χ4n) is 3.98. The van der Waals surface area contributed by atoms with Crippen LogP contribution in [0.1, 0.15) is 18.1 Å². The summed E-state index contributed by atoms with van der Waals surface area (Å²) in [5.74, 6) is -0.460. The van der Waals surface area contributed by atoms with Crippen molar-refractivity contribution in [1.82, 2.24) is 5.01 Å². The number of halogens is 2. The number of hydrazone groups is 1. The Balaban J connectivity index is 1.80. The van der Waals surface area contributed by atoms with Crippen LogP contribution in [0.3, 0.4) is 0 Å². The first-order valence-electron chi connectivity index (χ1n) is 11.5. The highest BCUT2D eigenvalue weighted by Crippen LogP contribution is 2.37. The van der Waals surface area contributed by atoms with Crippen LogP contribution in [-0.2, 0) is 25.2 Å². The third-order valence-electron chi connectivity index (χ3n) is 5.78. The second-order valence-electron chi connectivity index (χ2n) is 8.39. The van der Waals surface area contributed by atoms with E-state index in [0.29, 0.717) is 21.3 Å². The van der Waals surface area contributed by atoms with Crippen LogP contribution in [0, 0.1) is 0 Å². The van der Waals surface area contributed by atoms with Gasteiger partial charge in [0, 0.05) is 21.7 Å². The number of amides is 1. The number of primary amides is 1. The smallest absolute Gasteiger partial charge is 0.283 e. The lowest BCUT2D eigenvalue weighted by Gasteiger charge is -2.31. The number of carbonyl (C=O) groups excluding carboxylic acids is 1. The van der Waals surface area contributed by atoms with Gasteiger partial charge >= 0.3 is 0 Å². The minimum atomic E-state index is -4.04. The van der Waals surface area contributed by atoms with Gasteiger partial charge in [-0.2, -0.15) is 13.5 Å². The van der Waals surface area contributed by atoms with Gasteiger partial charge < -0.3 is 10.5 Å². The molecule has 1 heterocycles. The maximum absolute atomic E-state index is 13.0. The topological polar surface area (TPSA) is 114 Å². The Kier molecular flexibility index (Phi) is 8.32. The summed E-state index contributed by atoms with van der Waals surface area (Å²) in [6.07, 6.45) is 2.73. The highest BCUT2D eigenvalue weighted by Gasteiger charge is 2.47. The molecule has 196 valence electrons. The normalized spacial score (nSPS) is 18.1. The molecule has 3 aromatic rings. The SMILES string of the molecule is CC(=NS(=O)(=O)c1ccc(Cl)cc1)N1CC(OC/C=C/C(N)=O)(c2ccccc2)C(c2ccc(Cl)cc2)=N1. The van der Waals surface area contributed by atoms with E-state index in [2.05, 4.69) is 4.40 Å². The Morgan fingerprint density at radius 3 is 2.26 bits per heavy atom. The quantitative estimate of drug-likeness (QED) is 0.238. The Morgan fingerprint density at radius 1 is 1.05 bits per heavy atom. The zero-order valence-electron chi connectivity index (χ0n) is 20.3. The van der Waals surface area contributed by atoms with Gasteiger partial charge in [-0.3, -0.25) is 4.79 Å². The second kappa shape index (κ2) is 11.5. The first-order valence-corrected chi connectivity index (χ1v) is 13.7. The van der Waals surface area contributed by atoms with Crippen molar-refractivity contribution in [3.05, 3.63) is 112 Å². The first kappa shape index (κ1) is 27.5. The lowest BCUT2D eigenvalue weighted by Crippen LogP contribution is -2.42. The molecule has 3 aromatic carbocycles. The molecular formula is C27H24Cl2N4O4S. The summed E-state index contributed by atoms with van der Waals surface area (Å²) in [7, 11) is -4.04. The van der Waals surface area contributed by atoms with Gasteiger partial charge in [0.05, 0.1) is 18.0 Å². The fourth-order valence-corrected chi connectivity index (χ4v) is 5.26. The van der Waals surface area contributed by atoms with Gasteiger partial charge in [-0.25, -0.2) is 5.01 Å². The van der Waals surface area contributed by atoms with Crippen molar-refractivity contribution in [2.24, 2.45) is 15.2 Å². The van der Waals surface area contributed by atoms with E-state index in [1.807, 2.05) is 42.5 Å². The third-order valence-corrected chi connectivity index (χ3v) is 7.66. The number of benzene rings is 3. The molecule has 0 fully saturated rings. The summed E-state index contributed by atoms with van der Waals surface area (Å²) < 4.78 is 36.4. The molecular weight excluding hydrogens is 547 g/mol. The number of ether oxygens (including phenoxy) is 1. The molecule has 1 amide bonds. The lowest BCUT2D eigenvalue weighted by molar-refractivity contribution is -0.113. The minimum Gasteiger partial charge on any atom is -0.366 e. The molecule has 1 aliphatic heterocycles. The molecule has 2 N–H and O–H groups in total. The van der Waals surface area contributed by atoms with Gasteiger partial charge in [0.1, 0.15) is 11.5 Å². The molecule has 8 nitrogen and oxygen atoms in total. The minimum absolute atomic E-state index is 0.00418. The molecule has 0 aromatic heterocycles. The van der Waals surface area contributed by atoms with Crippen LogP contribution in [0.5, 0.6) is 0 Å². The van der Waals surface area contributed by atoms with E-state index in [9.17, 15) is 13.2 Å². The molecule has 0 aliphatic carbocycles. The first-order chi connectivity index (χ1) is 18.1. The van der Waals surface area contributed by atoms with E-state index in [1.54, 1.807) is 19.1 Å². The monoisotopic (exact) mass is 570 g/mol. The van der Waals surface area contributed by atoms with Gasteiger partial charge in [0.25, 0.3) is 10.0 Å². The molecule has 1 unspecified atom stereocenters. The number of hydrogen-bond acceptors (Lipinski definition) is 5. The van der Waals surface area contributed by atoms with E-state index in [-0.39, 0.29) is 23.9 Å². The van der Waals surface area contributed by atoms with Crippen molar-refractivity contribution in [3.63, 3.8) is 0 Å². The zero-order chi connectivity index (χ0) is 27.3. The molecule has 1 atom stereocenters. The van der Waals surface area contributed by atoms with Gasteiger partial charge in [-0.1, -0.05) is 71.7 Å². The highest BCUT2D eigenvalue weighted by molar-refractivity contribution is 7.90. The number of carbonyl (C=O) groups is 1. The number of amidine groups is 1. The number of nitrogens with zero attached hydrogens (tertiary/aromatic N) is 3. The van der Waals surface area contributed by atoms with Crippen LogP contribution in [0.4, 0.5) is 0 Å². The van der Waals surface area contributed by atoms with Crippen molar-refractivity contribution in [2.45, 2.75) is 17.4 Å². The number of rotatable bonds is 8. The van der Waals surface area contributed by atoms with Crippen molar-refractivity contribution in [3.8, 4) is 0 Å². The summed E-state index contributed by atoms with van der Waals surface area (Å²) in [6, 6.07) is 22.2. The summed E-state index contributed by atoms with van der Waals surface area (Å²) in [5, 5.41) is 7.22. The fraction of sp³-hybridized carbons (Fsp3) is 0.148. The lowest BCUT2D eigenvalue weighted by atomic mass is 9.85. The van der Waals surface area contributed by atoms with Crippen LogP contribution in [-0.4, -0.2) is 44.0 Å². The molecule has 4 rings (SSSR count). The molecule has 38 heavy (non-hydrogen) atoms. The average molecular weight is 571 g/mol. The van der Waals surface area contributed by atoms with Crippen LogP contribution in [0.2, 0.25) is 10.0 Å². The van der Waals surface area contributed by atoms with Crippen molar-refractivity contribution in [1.29, 1.82) is 0 Å². The van der Waals surface area contributed by atoms with Gasteiger partial charge in [-0.05, 0) is 48.9 Å². The standard InChI is InChI=1S/C27H24Cl2N4O4S/c1-19(32-38(35,36)24-15-13-23(29)14-16-24)33-18-27(21-6-3-2-4-7-21,37-17-5-8-25(30)34)26(31-33)20-9-11-22(28)12-10-20/h2-16H,17-18H2,1H3,(H2,30,34)/b8-5+,32-19?. The van der Waals surface area contributed by atoms with Gasteiger partial charge in [-0.15, -0.1) is 4.40 Å². The maximum Gasteiger partial charge on any atom is 0.283 e. The summed E-state index contributed by atoms with van der Waals surface area (Å²) in [5.41, 5.74) is 6.10. The molecule has 0 bridgehead atoms. The Morgan fingerprint density at radius 2 is 1.66 bits per heavy atom. The number of sulfonamides is 1. The van der Waals surface area contributed by atoms with E-state index >= 15 is 0 Å². The zero-order valence-corrected chi connectivity index (χ0v) is 22.6. The molecule has 1 aliphatic rings. The van der Waals surface area contributed by atoms with E-state index in [1.165, 1.54) is 41.4 Å². The number of hydrogen-bond donors (Lipinski definition) is 1. The highest BCUT2D eigenvalue weighted by atomic mass is 35.5. The van der Waals surface area contributed by atoms with Gasteiger partial charge in [0.15, 0.2) is 5.60 Å². The average Bonchev–Trinajstić information content (AvgIpc) is 3.28. The molecule has 0 spiro atoms. The van der Waals surface area contributed by atoms with E-state index in [4.69, 9.17) is 38.8 Å². The van der Waals surface area contributed by atoms with Gasteiger partial charge in [0.2, 0.25) is 5.91 Å². The van der Waals surface area contributed by atoms with Crippen molar-refractivity contribution < 1.29 is 17.9 Å². The Hall–Kier alpha value is -3.50. The molecule has 0 radical (unpaired) electrons. The summed E-state index contributed by atoms with van der Waals surface area (Å²) in [6.45, 7) is 1.72. The summed E-state index contributed by atoms with van der Waals surface area (Å²) >= 11 is 12.0. The van der Waals surface area contributed by atoms with E-state index in [0.717, 1.165) is 5.56 Å². The predicted molar refractivity (Wildman–Crippen MR) is 149 cm³/mol. The predicted octanol–water partition coefficient (Wildman–Crippen LogP) is 4.77. The molecule has 11 heteroatoms. The van der Waals surface area contributed by atoms with Crippen LogP contribution in [0.15, 0.2) is 105 Å². The van der Waals surface area contributed by atoms with Crippen LogP contribution < -0.4 is 5.73 Å². The van der Waals surface area contributed by atoms with Crippen LogP contribution in [0.25, 0.3) is 0 Å². The molecule has 0 saturated heterocycles. The maximum atomic E-state index is 13.0. The summed E-state index contributed by atoms with van der Waals surface area (Å²) in [4.78, 5) is 11.2. The largest absolute Gasteiger partial charge is 0.366 e. The van der Waals surface area contributed by atoms with Crippen LogP contribution >= 0.6 is 23.2 Å². The molecule has 0 saturated carbocycles. The number of nitrogens with two attached hydrogens (primary N) is 1. The van der Waals surface area contributed by atoms with Crippen molar-refractivity contribution in [2.75, 3.05) is 13.2 Å². The Bertz CT molecular complexity index is 1510. The third kappa shape index (κ3) is 6.14. The second-order valence-corrected chi connectivity index (χ2v) is 10.9. The van der Waals surface area contributed by atoms with Crippen molar-refractivity contribution >= 4 is 50.7 Å². The Labute approximate surface area is 231 Å².